The van der Waals surface area contributed by atoms with E-state index in [1.165, 1.54) is 11.6 Å². The molecular formula is C31H26FNO3S. The summed E-state index contributed by atoms with van der Waals surface area (Å²) in [6.45, 7) is 0.507. The molecule has 6 heteroatoms. The normalized spacial score (nSPS) is 17.6. The van der Waals surface area contributed by atoms with Crippen LogP contribution in [0.5, 0.6) is 5.75 Å². The second-order valence-electron chi connectivity index (χ2n) is 9.92. The number of hydrogen-bond donors (Lipinski definition) is 1. The predicted octanol–water partition coefficient (Wildman–Crippen LogP) is 7.51. The summed E-state index contributed by atoms with van der Waals surface area (Å²) in [5, 5.41) is 9.95. The largest absolute Gasteiger partial charge is 0.489 e. The van der Waals surface area contributed by atoms with Crippen LogP contribution in [0.3, 0.4) is 0 Å². The van der Waals surface area contributed by atoms with Crippen LogP contribution in [0.25, 0.3) is 23.1 Å². The molecule has 0 spiro atoms. The van der Waals surface area contributed by atoms with Crippen LogP contribution in [-0.2, 0) is 11.4 Å². The van der Waals surface area contributed by atoms with Crippen molar-refractivity contribution in [2.24, 2.45) is 5.41 Å². The van der Waals surface area contributed by atoms with Crippen LogP contribution in [-0.4, -0.2) is 21.8 Å². The number of carboxylic acid groups (broad SMARTS) is 1. The highest BCUT2D eigenvalue weighted by Gasteiger charge is 2.45. The summed E-state index contributed by atoms with van der Waals surface area (Å²) in [6.07, 6.45) is 6.11. The van der Waals surface area contributed by atoms with Crippen molar-refractivity contribution < 1.29 is 19.0 Å². The van der Waals surface area contributed by atoms with E-state index in [0.717, 1.165) is 46.7 Å². The maximum absolute atomic E-state index is 14.0. The zero-order chi connectivity index (χ0) is 25.4. The molecule has 0 radical (unpaired) electrons. The lowest BCUT2D eigenvalue weighted by molar-refractivity contribution is -0.138. The number of carboxylic acids is 1. The molecular weight excluding hydrogens is 485 g/mol. The molecule has 1 aliphatic heterocycles. The van der Waals surface area contributed by atoms with Gasteiger partial charge in [-0.1, -0.05) is 42.5 Å². The number of fused-ring (bicyclic) bond motifs is 3. The maximum Gasteiger partial charge on any atom is 0.303 e. The minimum absolute atomic E-state index is 0.0510. The molecule has 1 fully saturated rings. The molecule has 0 amide bonds. The van der Waals surface area contributed by atoms with E-state index in [1.807, 2.05) is 54.2 Å². The topological polar surface area (TPSA) is 59.4 Å². The summed E-state index contributed by atoms with van der Waals surface area (Å²) >= 11 is 1.82. The Morgan fingerprint density at radius 2 is 1.92 bits per heavy atom. The highest BCUT2D eigenvalue weighted by atomic mass is 32.2. The van der Waals surface area contributed by atoms with Crippen molar-refractivity contribution in [2.75, 3.05) is 5.75 Å². The molecule has 1 saturated carbocycles. The fourth-order valence-corrected chi connectivity index (χ4v) is 6.65. The third-order valence-corrected chi connectivity index (χ3v) is 8.84. The standard InChI is InChI=1S/C31H26FNO3S/c32-26-6-3-7-27-24(26)12-11-22(33-27)10-8-20-9-13-28-25(16-20)30(23-5-2-1-4-21(23)18-36-28)37-19-31(14-15-31)17-29(34)35/h1-13,16,30H,14-15,17-19H2,(H,34,35)/b10-8+. The molecule has 0 saturated heterocycles. The van der Waals surface area contributed by atoms with E-state index in [-0.39, 0.29) is 22.9 Å². The number of aliphatic carboxylic acids is 1. The van der Waals surface area contributed by atoms with E-state index < -0.39 is 5.97 Å². The zero-order valence-corrected chi connectivity index (χ0v) is 21.0. The summed E-state index contributed by atoms with van der Waals surface area (Å²) in [7, 11) is 0. The van der Waals surface area contributed by atoms with Gasteiger partial charge in [-0.15, -0.1) is 11.8 Å². The molecule has 6 rings (SSSR count). The van der Waals surface area contributed by atoms with Gasteiger partial charge in [0.2, 0.25) is 0 Å². The SMILES string of the molecule is O=C(O)CC1(CSC2c3ccccc3COc3ccc(/C=C/c4ccc5c(F)cccc5n4)cc32)CC1. The molecule has 0 bridgehead atoms. The Morgan fingerprint density at radius 3 is 2.76 bits per heavy atom. The van der Waals surface area contributed by atoms with Gasteiger partial charge >= 0.3 is 5.97 Å². The van der Waals surface area contributed by atoms with Gasteiger partial charge in [-0.2, -0.15) is 0 Å². The lowest BCUT2D eigenvalue weighted by Gasteiger charge is -2.22. The molecule has 3 aromatic carbocycles. The number of ether oxygens (including phenoxy) is 1. The fraction of sp³-hybridized carbons (Fsp3) is 0.226. The molecule has 186 valence electrons. The summed E-state index contributed by atoms with van der Waals surface area (Å²) in [6, 6.07) is 23.0. The first-order valence-electron chi connectivity index (χ1n) is 12.4. The third kappa shape index (κ3) is 4.98. The minimum Gasteiger partial charge on any atom is -0.489 e. The fourth-order valence-electron chi connectivity index (χ4n) is 4.97. The van der Waals surface area contributed by atoms with Gasteiger partial charge in [-0.3, -0.25) is 4.79 Å². The van der Waals surface area contributed by atoms with Crippen LogP contribution in [0.4, 0.5) is 4.39 Å². The molecule has 2 aliphatic rings. The number of benzene rings is 3. The Balaban J connectivity index is 1.32. The van der Waals surface area contributed by atoms with Crippen molar-refractivity contribution in [2.45, 2.75) is 31.1 Å². The number of rotatable bonds is 7. The zero-order valence-electron chi connectivity index (χ0n) is 20.2. The van der Waals surface area contributed by atoms with Crippen LogP contribution < -0.4 is 4.74 Å². The molecule has 1 atom stereocenters. The highest BCUT2D eigenvalue weighted by molar-refractivity contribution is 7.99. The predicted molar refractivity (Wildman–Crippen MR) is 146 cm³/mol. The molecule has 37 heavy (non-hydrogen) atoms. The van der Waals surface area contributed by atoms with E-state index in [4.69, 9.17) is 4.74 Å². The van der Waals surface area contributed by atoms with Crippen molar-refractivity contribution in [3.05, 3.63) is 107 Å². The van der Waals surface area contributed by atoms with Crippen LogP contribution >= 0.6 is 11.8 Å². The van der Waals surface area contributed by atoms with Gasteiger partial charge in [-0.05, 0) is 77.4 Å². The average molecular weight is 512 g/mol. The van der Waals surface area contributed by atoms with Crippen molar-refractivity contribution in [1.82, 2.24) is 4.98 Å². The number of pyridine rings is 1. The highest BCUT2D eigenvalue weighted by Crippen LogP contribution is 2.55. The first-order valence-corrected chi connectivity index (χ1v) is 13.5. The van der Waals surface area contributed by atoms with Crippen molar-refractivity contribution >= 4 is 40.8 Å². The quantitative estimate of drug-likeness (QED) is 0.278. The Hall–Kier alpha value is -3.64. The molecule has 1 aliphatic carbocycles. The third-order valence-electron chi connectivity index (χ3n) is 7.22. The molecule has 4 aromatic rings. The molecule has 1 aromatic heterocycles. The minimum atomic E-state index is -0.722. The maximum atomic E-state index is 14.0. The lowest BCUT2D eigenvalue weighted by atomic mass is 9.98. The van der Waals surface area contributed by atoms with Crippen LogP contribution in [0.1, 0.15) is 52.5 Å². The molecule has 2 heterocycles. The first kappa shape index (κ1) is 23.7. The Labute approximate surface area is 219 Å². The number of halogens is 1. The van der Waals surface area contributed by atoms with Gasteiger partial charge in [0.25, 0.3) is 0 Å². The number of hydrogen-bond acceptors (Lipinski definition) is 4. The summed E-state index contributed by atoms with van der Waals surface area (Å²) < 4.78 is 20.2. The summed E-state index contributed by atoms with van der Waals surface area (Å²) in [5.41, 5.74) is 5.76. The van der Waals surface area contributed by atoms with E-state index in [9.17, 15) is 14.3 Å². The average Bonchev–Trinajstić information content (AvgIpc) is 3.68. The van der Waals surface area contributed by atoms with Gasteiger partial charge in [-0.25, -0.2) is 9.37 Å². The van der Waals surface area contributed by atoms with E-state index in [0.29, 0.717) is 17.5 Å². The Kier molecular flexibility index (Phi) is 6.21. The van der Waals surface area contributed by atoms with Gasteiger partial charge in [0, 0.05) is 16.7 Å². The van der Waals surface area contributed by atoms with Gasteiger partial charge in [0.1, 0.15) is 18.2 Å². The second-order valence-corrected chi connectivity index (χ2v) is 11.0. The van der Waals surface area contributed by atoms with Crippen molar-refractivity contribution in [3.8, 4) is 5.75 Å². The summed E-state index contributed by atoms with van der Waals surface area (Å²) in [4.78, 5) is 16.0. The monoisotopic (exact) mass is 511 g/mol. The van der Waals surface area contributed by atoms with Gasteiger partial charge in [0.05, 0.1) is 22.9 Å². The number of nitrogens with zero attached hydrogens (tertiary/aromatic N) is 1. The Morgan fingerprint density at radius 1 is 1.05 bits per heavy atom. The van der Waals surface area contributed by atoms with Crippen LogP contribution in [0.2, 0.25) is 0 Å². The second kappa shape index (κ2) is 9.67. The van der Waals surface area contributed by atoms with E-state index >= 15 is 0 Å². The van der Waals surface area contributed by atoms with Crippen LogP contribution in [0.15, 0.2) is 72.8 Å². The Bertz CT molecular complexity index is 1530. The first-order chi connectivity index (χ1) is 18.0. The summed E-state index contributed by atoms with van der Waals surface area (Å²) in [5.74, 6) is 0.662. The van der Waals surface area contributed by atoms with Crippen molar-refractivity contribution in [3.63, 3.8) is 0 Å². The molecule has 1 unspecified atom stereocenters. The van der Waals surface area contributed by atoms with Gasteiger partial charge < -0.3 is 9.84 Å². The van der Waals surface area contributed by atoms with E-state index in [1.54, 1.807) is 12.1 Å². The number of carbonyl (C=O) groups is 1. The smallest absolute Gasteiger partial charge is 0.303 e. The number of aromatic nitrogens is 1. The molecule has 4 nitrogen and oxygen atoms in total. The van der Waals surface area contributed by atoms with Crippen LogP contribution in [0, 0.1) is 11.2 Å². The number of thioether (sulfide) groups is 1. The van der Waals surface area contributed by atoms with Gasteiger partial charge in [0.15, 0.2) is 0 Å². The molecule has 1 N–H and O–H groups in total. The lowest BCUT2D eigenvalue weighted by Crippen LogP contribution is -2.12. The van der Waals surface area contributed by atoms with E-state index in [2.05, 4.69) is 29.2 Å². The van der Waals surface area contributed by atoms with Crippen molar-refractivity contribution in [1.29, 1.82) is 0 Å².